The van der Waals surface area contributed by atoms with Crippen LogP contribution in [0, 0.1) is 13.8 Å². The first-order valence-electron chi connectivity index (χ1n) is 7.95. The molecule has 1 aliphatic rings. The number of aromatic nitrogens is 2. The number of benzene rings is 2. The summed E-state index contributed by atoms with van der Waals surface area (Å²) in [7, 11) is 0. The van der Waals surface area contributed by atoms with E-state index in [1.807, 2.05) is 50.2 Å². The molecule has 25 heavy (non-hydrogen) atoms. The molecule has 0 fully saturated rings. The number of aromatic amines is 1. The monoisotopic (exact) mass is 335 g/mol. The Bertz CT molecular complexity index is 942. The summed E-state index contributed by atoms with van der Waals surface area (Å²) in [6.45, 7) is 4.16. The number of ether oxygens (including phenoxy) is 2. The fourth-order valence-electron chi connectivity index (χ4n) is 2.83. The standard InChI is InChI=1S/C19H17N3O3/c1-11-4-3-5-12(2)18(11)20-19(23)15-9-14(21-22-15)13-6-7-16-17(8-13)25-10-24-16/h3-9H,10H2,1-2H3,(H,20,23)(H,21,22). The van der Waals surface area contributed by atoms with Gasteiger partial charge in [0, 0.05) is 11.3 Å². The van der Waals surface area contributed by atoms with Crippen LogP contribution >= 0.6 is 0 Å². The van der Waals surface area contributed by atoms with E-state index in [2.05, 4.69) is 15.5 Å². The molecule has 6 heteroatoms. The third kappa shape index (κ3) is 2.82. The Balaban J connectivity index is 1.58. The number of amides is 1. The third-order valence-electron chi connectivity index (χ3n) is 4.21. The largest absolute Gasteiger partial charge is 0.454 e. The Morgan fingerprint density at radius 3 is 2.64 bits per heavy atom. The molecular formula is C19H17N3O3. The van der Waals surface area contributed by atoms with Crippen molar-refractivity contribution in [3.63, 3.8) is 0 Å². The van der Waals surface area contributed by atoms with Gasteiger partial charge in [-0.15, -0.1) is 0 Å². The molecule has 0 spiro atoms. The molecule has 2 N–H and O–H groups in total. The molecule has 2 heterocycles. The van der Waals surface area contributed by atoms with Crippen molar-refractivity contribution < 1.29 is 14.3 Å². The lowest BCUT2D eigenvalue weighted by Gasteiger charge is -2.10. The molecule has 0 unspecified atom stereocenters. The minimum absolute atomic E-state index is 0.225. The normalized spacial score (nSPS) is 12.2. The van der Waals surface area contributed by atoms with Crippen molar-refractivity contribution in [1.29, 1.82) is 0 Å². The van der Waals surface area contributed by atoms with E-state index in [9.17, 15) is 4.79 Å². The number of carbonyl (C=O) groups excluding carboxylic acids is 1. The summed E-state index contributed by atoms with van der Waals surface area (Å²) in [5, 5.41) is 9.98. The van der Waals surface area contributed by atoms with E-state index >= 15 is 0 Å². The molecule has 1 aromatic heterocycles. The van der Waals surface area contributed by atoms with Crippen LogP contribution in [0.1, 0.15) is 21.6 Å². The summed E-state index contributed by atoms with van der Waals surface area (Å²) in [6.07, 6.45) is 0. The summed E-state index contributed by atoms with van der Waals surface area (Å²) in [5.41, 5.74) is 4.78. The maximum Gasteiger partial charge on any atom is 0.273 e. The third-order valence-corrected chi connectivity index (χ3v) is 4.21. The van der Waals surface area contributed by atoms with Crippen molar-refractivity contribution in [2.45, 2.75) is 13.8 Å². The van der Waals surface area contributed by atoms with Gasteiger partial charge in [0.15, 0.2) is 11.5 Å². The first kappa shape index (κ1) is 15.3. The van der Waals surface area contributed by atoms with Crippen molar-refractivity contribution >= 4 is 11.6 Å². The average Bonchev–Trinajstić information content (AvgIpc) is 3.26. The van der Waals surface area contributed by atoms with Gasteiger partial charge in [0.1, 0.15) is 5.69 Å². The lowest BCUT2D eigenvalue weighted by molar-refractivity contribution is 0.102. The van der Waals surface area contributed by atoms with Gasteiger partial charge in [0.2, 0.25) is 6.79 Å². The molecule has 0 atom stereocenters. The molecule has 4 rings (SSSR count). The molecule has 0 saturated carbocycles. The van der Waals surface area contributed by atoms with Gasteiger partial charge >= 0.3 is 0 Å². The number of hydrogen-bond acceptors (Lipinski definition) is 4. The maximum atomic E-state index is 12.5. The van der Waals surface area contributed by atoms with Gasteiger partial charge in [-0.2, -0.15) is 5.10 Å². The topological polar surface area (TPSA) is 76.2 Å². The Morgan fingerprint density at radius 1 is 1.08 bits per heavy atom. The van der Waals surface area contributed by atoms with Gasteiger partial charge in [-0.1, -0.05) is 18.2 Å². The predicted molar refractivity (Wildman–Crippen MR) is 94.0 cm³/mol. The molecule has 0 radical (unpaired) electrons. The van der Waals surface area contributed by atoms with E-state index in [0.717, 1.165) is 22.4 Å². The van der Waals surface area contributed by atoms with Gasteiger partial charge in [-0.25, -0.2) is 0 Å². The number of aryl methyl sites for hydroxylation is 2. The molecule has 3 aromatic rings. The highest BCUT2D eigenvalue weighted by atomic mass is 16.7. The van der Waals surface area contributed by atoms with Crippen LogP contribution in [0.4, 0.5) is 5.69 Å². The van der Waals surface area contributed by atoms with Crippen LogP contribution in [0.25, 0.3) is 11.3 Å². The predicted octanol–water partition coefficient (Wildman–Crippen LogP) is 3.67. The molecule has 126 valence electrons. The number of H-pyrrole nitrogens is 1. The van der Waals surface area contributed by atoms with E-state index in [1.165, 1.54) is 0 Å². The lowest BCUT2D eigenvalue weighted by Crippen LogP contribution is -2.14. The first-order chi connectivity index (χ1) is 12.1. The van der Waals surface area contributed by atoms with Crippen molar-refractivity contribution in [1.82, 2.24) is 10.2 Å². The van der Waals surface area contributed by atoms with Crippen LogP contribution in [0.5, 0.6) is 11.5 Å². The molecule has 1 aliphatic heterocycles. The van der Waals surface area contributed by atoms with Crippen molar-refractivity contribution in [2.75, 3.05) is 12.1 Å². The Labute approximate surface area is 144 Å². The molecule has 2 aromatic carbocycles. The van der Waals surface area contributed by atoms with Crippen molar-refractivity contribution in [3.8, 4) is 22.8 Å². The Hall–Kier alpha value is -3.28. The zero-order valence-electron chi connectivity index (χ0n) is 13.9. The molecule has 0 bridgehead atoms. The summed E-state index contributed by atoms with van der Waals surface area (Å²) in [4.78, 5) is 12.5. The summed E-state index contributed by atoms with van der Waals surface area (Å²) in [5.74, 6) is 1.17. The van der Waals surface area contributed by atoms with Gasteiger partial charge in [-0.3, -0.25) is 9.89 Å². The lowest BCUT2D eigenvalue weighted by atomic mass is 10.1. The highest BCUT2D eigenvalue weighted by Crippen LogP contribution is 2.35. The summed E-state index contributed by atoms with van der Waals surface area (Å²) in [6, 6.07) is 13.2. The van der Waals surface area contributed by atoms with Gasteiger partial charge in [0.25, 0.3) is 5.91 Å². The second-order valence-electron chi connectivity index (χ2n) is 5.96. The van der Waals surface area contributed by atoms with E-state index in [1.54, 1.807) is 6.07 Å². The van der Waals surface area contributed by atoms with Crippen LogP contribution in [0.15, 0.2) is 42.5 Å². The number of rotatable bonds is 3. The number of nitrogens with zero attached hydrogens (tertiary/aromatic N) is 1. The van der Waals surface area contributed by atoms with Crippen molar-refractivity contribution in [2.24, 2.45) is 0 Å². The minimum Gasteiger partial charge on any atom is -0.454 e. The second-order valence-corrected chi connectivity index (χ2v) is 5.96. The Morgan fingerprint density at radius 2 is 1.84 bits per heavy atom. The quantitative estimate of drug-likeness (QED) is 0.765. The smallest absolute Gasteiger partial charge is 0.273 e. The summed E-state index contributed by atoms with van der Waals surface area (Å²) < 4.78 is 10.7. The number of anilines is 1. The molecular weight excluding hydrogens is 318 g/mol. The number of hydrogen-bond donors (Lipinski definition) is 2. The van der Waals surface area contributed by atoms with E-state index < -0.39 is 0 Å². The van der Waals surface area contributed by atoms with Crippen LogP contribution in [0.2, 0.25) is 0 Å². The molecule has 1 amide bonds. The highest BCUT2D eigenvalue weighted by Gasteiger charge is 2.17. The second kappa shape index (κ2) is 5.98. The highest BCUT2D eigenvalue weighted by molar-refractivity contribution is 6.04. The van der Waals surface area contributed by atoms with Gasteiger partial charge in [-0.05, 0) is 49.2 Å². The van der Waals surface area contributed by atoms with E-state index in [4.69, 9.17) is 9.47 Å². The van der Waals surface area contributed by atoms with Crippen LogP contribution in [0.3, 0.4) is 0 Å². The zero-order valence-corrected chi connectivity index (χ0v) is 13.9. The van der Waals surface area contributed by atoms with E-state index in [0.29, 0.717) is 22.9 Å². The SMILES string of the molecule is Cc1cccc(C)c1NC(=O)c1cc(-c2ccc3c(c2)OCO3)n[nH]1. The molecule has 6 nitrogen and oxygen atoms in total. The number of nitrogens with one attached hydrogen (secondary N) is 2. The van der Waals surface area contributed by atoms with Crippen LogP contribution in [-0.2, 0) is 0 Å². The minimum atomic E-state index is -0.225. The average molecular weight is 335 g/mol. The number of carbonyl (C=O) groups is 1. The van der Waals surface area contributed by atoms with Gasteiger partial charge in [0.05, 0.1) is 5.69 Å². The molecule has 0 aliphatic carbocycles. The van der Waals surface area contributed by atoms with Gasteiger partial charge < -0.3 is 14.8 Å². The van der Waals surface area contributed by atoms with Crippen LogP contribution < -0.4 is 14.8 Å². The van der Waals surface area contributed by atoms with Crippen LogP contribution in [-0.4, -0.2) is 22.9 Å². The fourth-order valence-corrected chi connectivity index (χ4v) is 2.83. The Kier molecular flexibility index (Phi) is 3.65. The summed E-state index contributed by atoms with van der Waals surface area (Å²) >= 11 is 0. The number of para-hydroxylation sites is 1. The maximum absolute atomic E-state index is 12.5. The number of fused-ring (bicyclic) bond motifs is 1. The molecule has 0 saturated heterocycles. The van der Waals surface area contributed by atoms with E-state index in [-0.39, 0.29) is 12.7 Å². The first-order valence-corrected chi connectivity index (χ1v) is 7.95. The van der Waals surface area contributed by atoms with Crippen molar-refractivity contribution in [3.05, 3.63) is 59.3 Å². The fraction of sp³-hybridized carbons (Fsp3) is 0.158. The zero-order chi connectivity index (χ0) is 17.4.